The SMILES string of the molecule is CC.CC.CC.CCNC(=O)C1CCC(C)CC1. The second kappa shape index (κ2) is 18.8. The van der Waals surface area contributed by atoms with Crippen LogP contribution in [-0.2, 0) is 4.79 Å². The molecular weight excluding hydrogens is 222 g/mol. The predicted molar refractivity (Wildman–Crippen MR) is 83.8 cm³/mol. The molecule has 0 aliphatic heterocycles. The number of carbonyl (C=O) groups excluding carboxylic acids is 1. The molecule has 0 heterocycles. The zero-order chi connectivity index (χ0) is 15.0. The molecular formula is C16H37NO. The molecule has 2 nitrogen and oxygen atoms in total. The minimum atomic E-state index is 0.268. The third kappa shape index (κ3) is 11.9. The van der Waals surface area contributed by atoms with E-state index in [0.29, 0.717) is 5.92 Å². The molecule has 0 aromatic rings. The molecule has 0 aromatic carbocycles. The Hall–Kier alpha value is -0.530. The van der Waals surface area contributed by atoms with Gasteiger partial charge in [-0.05, 0) is 38.5 Å². The molecule has 2 heteroatoms. The average Bonchev–Trinajstić information content (AvgIpc) is 2.46. The van der Waals surface area contributed by atoms with E-state index in [1.165, 1.54) is 12.8 Å². The molecule has 1 fully saturated rings. The zero-order valence-electron chi connectivity index (χ0n) is 14.1. The minimum Gasteiger partial charge on any atom is -0.356 e. The monoisotopic (exact) mass is 259 g/mol. The number of hydrogen-bond donors (Lipinski definition) is 1. The van der Waals surface area contributed by atoms with Crippen molar-refractivity contribution in [2.24, 2.45) is 11.8 Å². The van der Waals surface area contributed by atoms with Crippen molar-refractivity contribution < 1.29 is 4.79 Å². The lowest BCUT2D eigenvalue weighted by atomic mass is 9.82. The van der Waals surface area contributed by atoms with Gasteiger partial charge in [0.05, 0.1) is 0 Å². The van der Waals surface area contributed by atoms with Crippen LogP contribution in [0.1, 0.15) is 81.1 Å². The summed E-state index contributed by atoms with van der Waals surface area (Å²) >= 11 is 0. The van der Waals surface area contributed by atoms with Crippen LogP contribution in [0.25, 0.3) is 0 Å². The van der Waals surface area contributed by atoms with Crippen LogP contribution in [0.15, 0.2) is 0 Å². The predicted octanol–water partition coefficient (Wildman–Crippen LogP) is 5.03. The molecule has 0 aromatic heterocycles. The second-order valence-corrected chi connectivity index (χ2v) is 3.85. The maximum Gasteiger partial charge on any atom is 0.223 e. The Morgan fingerprint density at radius 2 is 1.33 bits per heavy atom. The van der Waals surface area contributed by atoms with E-state index in [1.54, 1.807) is 0 Å². The summed E-state index contributed by atoms with van der Waals surface area (Å²) in [7, 11) is 0. The van der Waals surface area contributed by atoms with Gasteiger partial charge in [0.1, 0.15) is 0 Å². The lowest BCUT2D eigenvalue weighted by Gasteiger charge is -2.24. The number of nitrogens with one attached hydrogen (secondary N) is 1. The van der Waals surface area contributed by atoms with Crippen LogP contribution < -0.4 is 5.32 Å². The summed E-state index contributed by atoms with van der Waals surface area (Å²) in [5.74, 6) is 1.40. The summed E-state index contributed by atoms with van der Waals surface area (Å²) in [5.41, 5.74) is 0. The Bertz CT molecular complexity index is 149. The van der Waals surface area contributed by atoms with E-state index in [4.69, 9.17) is 0 Å². The van der Waals surface area contributed by atoms with Crippen molar-refractivity contribution in [3.05, 3.63) is 0 Å². The van der Waals surface area contributed by atoms with Crippen molar-refractivity contribution in [2.75, 3.05) is 6.54 Å². The normalized spacial score (nSPS) is 20.9. The Kier molecular flexibility index (Phi) is 23.7. The van der Waals surface area contributed by atoms with Crippen molar-refractivity contribution in [1.82, 2.24) is 5.32 Å². The molecule has 0 atom stereocenters. The number of hydrogen-bond acceptors (Lipinski definition) is 1. The van der Waals surface area contributed by atoms with Crippen LogP contribution in [0.2, 0.25) is 0 Å². The van der Waals surface area contributed by atoms with Crippen molar-refractivity contribution in [3.8, 4) is 0 Å². The van der Waals surface area contributed by atoms with Gasteiger partial charge in [-0.1, -0.05) is 48.5 Å². The first-order valence-corrected chi connectivity index (χ1v) is 8.01. The summed E-state index contributed by atoms with van der Waals surface area (Å²) in [6, 6.07) is 0. The van der Waals surface area contributed by atoms with Gasteiger partial charge >= 0.3 is 0 Å². The van der Waals surface area contributed by atoms with E-state index >= 15 is 0 Å². The lowest BCUT2D eigenvalue weighted by Crippen LogP contribution is -2.32. The minimum absolute atomic E-state index is 0.268. The van der Waals surface area contributed by atoms with Crippen LogP contribution in [0.4, 0.5) is 0 Å². The highest BCUT2D eigenvalue weighted by Crippen LogP contribution is 2.28. The quantitative estimate of drug-likeness (QED) is 0.740. The molecule has 0 unspecified atom stereocenters. The molecule has 1 rings (SSSR count). The summed E-state index contributed by atoms with van der Waals surface area (Å²) in [5, 5.41) is 2.89. The van der Waals surface area contributed by atoms with Gasteiger partial charge in [0.15, 0.2) is 0 Å². The van der Waals surface area contributed by atoms with Gasteiger partial charge in [0.25, 0.3) is 0 Å². The molecule has 18 heavy (non-hydrogen) atoms. The highest BCUT2D eigenvalue weighted by Gasteiger charge is 2.23. The number of carbonyl (C=O) groups is 1. The fourth-order valence-corrected chi connectivity index (χ4v) is 1.84. The molecule has 0 saturated heterocycles. The molecule has 1 N–H and O–H groups in total. The highest BCUT2D eigenvalue weighted by molar-refractivity contribution is 5.78. The average molecular weight is 259 g/mol. The maximum atomic E-state index is 11.4. The fourth-order valence-electron chi connectivity index (χ4n) is 1.84. The molecule has 0 spiro atoms. The second-order valence-electron chi connectivity index (χ2n) is 3.85. The van der Waals surface area contributed by atoms with E-state index in [9.17, 15) is 4.79 Å². The van der Waals surface area contributed by atoms with Crippen molar-refractivity contribution in [3.63, 3.8) is 0 Å². The first kappa shape index (κ1) is 22.6. The topological polar surface area (TPSA) is 29.1 Å². The van der Waals surface area contributed by atoms with Crippen LogP contribution in [0, 0.1) is 11.8 Å². The van der Waals surface area contributed by atoms with Gasteiger partial charge in [0.2, 0.25) is 5.91 Å². The summed E-state index contributed by atoms with van der Waals surface area (Å²) in [6.07, 6.45) is 4.63. The van der Waals surface area contributed by atoms with Gasteiger partial charge in [-0.15, -0.1) is 0 Å². The molecule has 0 radical (unpaired) electrons. The summed E-state index contributed by atoms with van der Waals surface area (Å²) in [4.78, 5) is 11.4. The van der Waals surface area contributed by atoms with Gasteiger partial charge in [0, 0.05) is 12.5 Å². The van der Waals surface area contributed by atoms with Gasteiger partial charge < -0.3 is 5.32 Å². The van der Waals surface area contributed by atoms with E-state index in [1.807, 2.05) is 48.5 Å². The van der Waals surface area contributed by atoms with E-state index in [0.717, 1.165) is 25.3 Å². The van der Waals surface area contributed by atoms with Crippen molar-refractivity contribution >= 4 is 5.91 Å². The third-order valence-electron chi connectivity index (χ3n) is 2.74. The molecule has 1 saturated carbocycles. The van der Waals surface area contributed by atoms with Crippen molar-refractivity contribution in [1.29, 1.82) is 0 Å². The molecule has 112 valence electrons. The summed E-state index contributed by atoms with van der Waals surface area (Å²) in [6.45, 7) is 17.0. The largest absolute Gasteiger partial charge is 0.356 e. The fraction of sp³-hybridized carbons (Fsp3) is 0.938. The molecule has 0 bridgehead atoms. The van der Waals surface area contributed by atoms with Crippen LogP contribution >= 0.6 is 0 Å². The smallest absolute Gasteiger partial charge is 0.223 e. The van der Waals surface area contributed by atoms with Crippen molar-refractivity contribution in [2.45, 2.75) is 81.1 Å². The van der Waals surface area contributed by atoms with Gasteiger partial charge in [-0.25, -0.2) is 0 Å². The Balaban J connectivity index is -0.000000328. The van der Waals surface area contributed by atoms with Crippen LogP contribution in [0.5, 0.6) is 0 Å². The highest BCUT2D eigenvalue weighted by atomic mass is 16.1. The van der Waals surface area contributed by atoms with Gasteiger partial charge in [-0.2, -0.15) is 0 Å². The number of amides is 1. The lowest BCUT2D eigenvalue weighted by molar-refractivity contribution is -0.126. The summed E-state index contributed by atoms with van der Waals surface area (Å²) < 4.78 is 0. The standard InChI is InChI=1S/C10H19NO.3C2H6/c1-3-11-10(12)9-6-4-8(2)5-7-9;3*1-2/h8-9H,3-7H2,1-2H3,(H,11,12);3*1-2H3. The van der Waals surface area contributed by atoms with Gasteiger partial charge in [-0.3, -0.25) is 4.79 Å². The molecule has 1 amide bonds. The maximum absolute atomic E-state index is 11.4. The van der Waals surface area contributed by atoms with E-state index in [-0.39, 0.29) is 5.91 Å². The number of rotatable bonds is 2. The van der Waals surface area contributed by atoms with E-state index < -0.39 is 0 Å². The molecule has 1 aliphatic carbocycles. The van der Waals surface area contributed by atoms with E-state index in [2.05, 4.69) is 12.2 Å². The molecule has 1 aliphatic rings. The Morgan fingerprint density at radius 1 is 0.944 bits per heavy atom. The van der Waals surface area contributed by atoms with Crippen LogP contribution in [0.3, 0.4) is 0 Å². The Morgan fingerprint density at radius 3 is 1.67 bits per heavy atom. The zero-order valence-corrected chi connectivity index (χ0v) is 14.1. The Labute approximate surface area is 116 Å². The third-order valence-corrected chi connectivity index (χ3v) is 2.74. The first-order valence-electron chi connectivity index (χ1n) is 8.01. The van der Waals surface area contributed by atoms with Crippen LogP contribution in [-0.4, -0.2) is 12.5 Å². The first-order chi connectivity index (χ1) is 8.74.